The zero-order chi connectivity index (χ0) is 27.2. The summed E-state index contributed by atoms with van der Waals surface area (Å²) in [6, 6.07) is 22.0. The Morgan fingerprint density at radius 2 is 1.74 bits per heavy atom. The van der Waals surface area contributed by atoms with E-state index in [-0.39, 0.29) is 18.0 Å². The largest absolute Gasteiger partial charge is 0.481 e. The molecule has 10 heteroatoms. The van der Waals surface area contributed by atoms with Crippen molar-refractivity contribution in [2.45, 2.75) is 13.3 Å². The van der Waals surface area contributed by atoms with E-state index in [4.69, 9.17) is 16.7 Å². The van der Waals surface area contributed by atoms with Gasteiger partial charge in [-0.3, -0.25) is 9.59 Å². The van der Waals surface area contributed by atoms with Gasteiger partial charge in [-0.1, -0.05) is 68.7 Å². The third-order valence-electron chi connectivity index (χ3n) is 5.88. The number of hydrazone groups is 1. The molecule has 1 amide bonds. The highest BCUT2D eigenvalue weighted by Crippen LogP contribution is 2.32. The van der Waals surface area contributed by atoms with Crippen molar-refractivity contribution in [2.75, 3.05) is 19.0 Å². The van der Waals surface area contributed by atoms with Crippen LogP contribution in [0.15, 0.2) is 77.9 Å². The zero-order valence-corrected chi connectivity index (χ0v) is 22.9. The van der Waals surface area contributed by atoms with Crippen LogP contribution >= 0.6 is 20.2 Å². The van der Waals surface area contributed by atoms with Crippen LogP contribution in [0.25, 0.3) is 16.9 Å². The van der Waals surface area contributed by atoms with E-state index in [1.54, 1.807) is 42.1 Å². The third-order valence-corrected chi connectivity index (χ3v) is 7.07. The van der Waals surface area contributed by atoms with Crippen molar-refractivity contribution in [1.29, 1.82) is 0 Å². The van der Waals surface area contributed by atoms with Crippen LogP contribution < -0.4 is 10.7 Å². The molecular formula is C28H27ClN5O3P. The summed E-state index contributed by atoms with van der Waals surface area (Å²) in [5.41, 5.74) is 9.23. The van der Waals surface area contributed by atoms with E-state index in [9.17, 15) is 9.59 Å². The molecule has 0 aliphatic heterocycles. The van der Waals surface area contributed by atoms with Crippen LogP contribution in [0, 0.1) is 6.92 Å². The lowest BCUT2D eigenvalue weighted by Gasteiger charge is -2.11. The van der Waals surface area contributed by atoms with E-state index < -0.39 is 5.97 Å². The first kappa shape index (κ1) is 27.0. The van der Waals surface area contributed by atoms with Gasteiger partial charge in [-0.2, -0.15) is 10.2 Å². The highest BCUT2D eigenvalue weighted by atomic mass is 35.5. The van der Waals surface area contributed by atoms with Crippen molar-refractivity contribution in [3.63, 3.8) is 0 Å². The molecule has 1 heterocycles. The van der Waals surface area contributed by atoms with E-state index in [0.717, 1.165) is 22.3 Å². The van der Waals surface area contributed by atoms with Gasteiger partial charge in [0.05, 0.1) is 28.3 Å². The minimum absolute atomic E-state index is 0.0846. The molecule has 3 N–H and O–H groups in total. The second kappa shape index (κ2) is 12.0. The molecule has 194 valence electrons. The number of aromatic nitrogens is 2. The average molecular weight is 548 g/mol. The van der Waals surface area contributed by atoms with Crippen molar-refractivity contribution < 1.29 is 14.7 Å². The molecule has 0 saturated carbocycles. The maximum absolute atomic E-state index is 13.3. The van der Waals surface area contributed by atoms with Crippen LogP contribution in [0.4, 0.5) is 5.69 Å². The smallest absolute Gasteiger partial charge is 0.307 e. The van der Waals surface area contributed by atoms with E-state index in [2.05, 4.69) is 27.6 Å². The first-order valence-corrected chi connectivity index (χ1v) is 13.7. The highest BCUT2D eigenvalue weighted by Gasteiger charge is 2.23. The van der Waals surface area contributed by atoms with Gasteiger partial charge in [0.2, 0.25) is 0 Å². The van der Waals surface area contributed by atoms with Crippen LogP contribution in [-0.4, -0.2) is 45.9 Å². The number of aliphatic carboxylic acids is 1. The molecule has 8 nitrogen and oxygen atoms in total. The van der Waals surface area contributed by atoms with Gasteiger partial charge in [-0.05, 0) is 43.4 Å². The lowest BCUT2D eigenvalue weighted by atomic mass is 10.0. The molecule has 3 aromatic carbocycles. The van der Waals surface area contributed by atoms with Crippen molar-refractivity contribution in [2.24, 2.45) is 5.10 Å². The molecule has 0 aliphatic carbocycles. The van der Waals surface area contributed by atoms with Crippen molar-refractivity contribution in [1.82, 2.24) is 15.2 Å². The number of rotatable bonds is 9. The molecule has 4 rings (SSSR count). The molecule has 0 saturated heterocycles. The summed E-state index contributed by atoms with van der Waals surface area (Å²) in [5, 5.41) is 21.4. The number of para-hydroxylation sites is 1. The lowest BCUT2D eigenvalue weighted by molar-refractivity contribution is -0.136. The molecule has 4 aromatic rings. The molecule has 38 heavy (non-hydrogen) atoms. The number of halogens is 1. The standard InChI is InChI=1S/C28H27ClN5O3P/c1-17-25(27(37)31-21-14-8-18(9-15-21)16-24(35)36)33-34(23-7-5-4-6-22(23)29)26(17)19-10-12-20(13-11-19)28(38-3)32-30-2/h4-15,30,38H,16H2,1-3H3,(H,31,37)(H,35,36)/b32-28-. The number of carbonyl (C=O) groups is 2. The number of benzene rings is 3. The van der Waals surface area contributed by atoms with E-state index in [1.165, 1.54) is 0 Å². The van der Waals surface area contributed by atoms with Gasteiger partial charge in [-0.15, -0.1) is 0 Å². The summed E-state index contributed by atoms with van der Waals surface area (Å²) in [6.07, 6.45) is -0.0846. The fourth-order valence-corrected chi connectivity index (χ4v) is 4.98. The third kappa shape index (κ3) is 5.93. The Morgan fingerprint density at radius 1 is 1.05 bits per heavy atom. The molecular weight excluding hydrogens is 521 g/mol. The van der Waals surface area contributed by atoms with E-state index >= 15 is 0 Å². The Labute approximate surface area is 227 Å². The first-order chi connectivity index (χ1) is 18.3. The first-order valence-electron chi connectivity index (χ1n) is 11.8. The van der Waals surface area contributed by atoms with Crippen LogP contribution in [0.3, 0.4) is 0 Å². The van der Waals surface area contributed by atoms with Crippen molar-refractivity contribution in [3.05, 3.63) is 100 Å². The monoisotopic (exact) mass is 547 g/mol. The summed E-state index contributed by atoms with van der Waals surface area (Å²) < 4.78 is 1.70. The molecule has 0 radical (unpaired) electrons. The van der Waals surface area contributed by atoms with Gasteiger partial charge >= 0.3 is 5.97 Å². The molecule has 0 bridgehead atoms. The molecule has 0 spiro atoms. The number of nitrogens with one attached hydrogen (secondary N) is 2. The summed E-state index contributed by atoms with van der Waals surface area (Å²) in [5.74, 6) is -1.29. The fourth-order valence-electron chi connectivity index (χ4n) is 4.08. The Bertz CT molecular complexity index is 1500. The van der Waals surface area contributed by atoms with E-state index in [0.29, 0.717) is 36.1 Å². The van der Waals surface area contributed by atoms with Gasteiger partial charge in [0, 0.05) is 29.4 Å². The minimum atomic E-state index is -0.913. The summed E-state index contributed by atoms with van der Waals surface area (Å²) in [4.78, 5) is 24.3. The second-order valence-electron chi connectivity index (χ2n) is 8.42. The minimum Gasteiger partial charge on any atom is -0.481 e. The highest BCUT2D eigenvalue weighted by molar-refractivity contribution is 7.58. The maximum Gasteiger partial charge on any atom is 0.307 e. The SMILES string of the molecule is CN/N=C(\PC)c1ccc(-c2c(C)c(C(=O)Nc3ccc(CC(=O)O)cc3)nn2-c2ccccc2Cl)cc1. The zero-order valence-electron chi connectivity index (χ0n) is 21.1. The van der Waals surface area contributed by atoms with Crippen molar-refractivity contribution in [3.8, 4) is 16.9 Å². The van der Waals surface area contributed by atoms with Crippen LogP contribution in [0.1, 0.15) is 27.2 Å². The van der Waals surface area contributed by atoms with Crippen LogP contribution in [0.2, 0.25) is 5.02 Å². The van der Waals surface area contributed by atoms with E-state index in [1.807, 2.05) is 49.4 Å². The van der Waals surface area contributed by atoms with Crippen LogP contribution in [-0.2, 0) is 11.2 Å². The second-order valence-corrected chi connectivity index (χ2v) is 9.80. The Morgan fingerprint density at radius 3 is 2.34 bits per heavy atom. The van der Waals surface area contributed by atoms with Gasteiger partial charge in [0.15, 0.2) is 5.69 Å². The number of hydrogen-bond donors (Lipinski definition) is 3. The normalized spacial score (nSPS) is 11.6. The molecule has 1 aromatic heterocycles. The Kier molecular flexibility index (Phi) is 8.56. The number of carboxylic acid groups (broad SMARTS) is 1. The Balaban J connectivity index is 1.74. The molecule has 1 unspecified atom stereocenters. The number of amides is 1. The summed E-state index contributed by atoms with van der Waals surface area (Å²) in [7, 11) is 2.30. The van der Waals surface area contributed by atoms with Crippen LogP contribution in [0.5, 0.6) is 0 Å². The molecule has 0 aliphatic rings. The number of carbonyl (C=O) groups excluding carboxylic acids is 1. The number of hydrogen-bond acceptors (Lipinski definition) is 5. The predicted octanol–water partition coefficient (Wildman–Crippen LogP) is 5.57. The summed E-state index contributed by atoms with van der Waals surface area (Å²) in [6.45, 7) is 3.93. The maximum atomic E-state index is 13.3. The van der Waals surface area contributed by atoms with Gasteiger partial charge in [0.1, 0.15) is 0 Å². The topological polar surface area (TPSA) is 109 Å². The average Bonchev–Trinajstić information content (AvgIpc) is 3.25. The number of carboxylic acids is 1. The Hall–Kier alpha value is -4.00. The summed E-state index contributed by atoms with van der Waals surface area (Å²) >= 11 is 6.54. The van der Waals surface area contributed by atoms with Gasteiger partial charge in [0.25, 0.3) is 5.91 Å². The van der Waals surface area contributed by atoms with Gasteiger partial charge < -0.3 is 15.8 Å². The lowest BCUT2D eigenvalue weighted by Crippen LogP contribution is -2.14. The number of nitrogens with zero attached hydrogens (tertiary/aromatic N) is 3. The quantitative estimate of drug-likeness (QED) is 0.144. The number of anilines is 1. The molecule has 1 atom stereocenters. The van der Waals surface area contributed by atoms with Gasteiger partial charge in [-0.25, -0.2) is 4.68 Å². The fraction of sp³-hybridized carbons (Fsp3) is 0.143. The molecule has 0 fully saturated rings. The predicted molar refractivity (Wildman–Crippen MR) is 154 cm³/mol. The van der Waals surface area contributed by atoms with Crippen molar-refractivity contribution >= 4 is 43.2 Å².